The van der Waals surface area contributed by atoms with Gasteiger partial charge in [-0.15, -0.1) is 22.7 Å². The molecule has 4 heteroatoms. The molecule has 2 aromatic rings. The van der Waals surface area contributed by atoms with Crippen molar-refractivity contribution in [2.24, 2.45) is 5.92 Å². The van der Waals surface area contributed by atoms with E-state index in [2.05, 4.69) is 46.0 Å². The Morgan fingerprint density at radius 1 is 1.27 bits per heavy atom. The molecule has 0 saturated carbocycles. The van der Waals surface area contributed by atoms with E-state index < -0.39 is 0 Å². The van der Waals surface area contributed by atoms with Gasteiger partial charge in [-0.05, 0) is 53.6 Å². The lowest BCUT2D eigenvalue weighted by Crippen LogP contribution is -2.40. The normalized spacial score (nSPS) is 23.7. The molecule has 0 fully saturated rings. The molecule has 2 aliphatic rings. The fourth-order valence-electron chi connectivity index (χ4n) is 3.55. The fourth-order valence-corrected chi connectivity index (χ4v) is 5.30. The highest BCUT2D eigenvalue weighted by Gasteiger charge is 2.33. The van der Waals surface area contributed by atoms with Gasteiger partial charge < -0.3 is 4.90 Å². The van der Waals surface area contributed by atoms with Crippen LogP contribution in [-0.4, -0.2) is 17.4 Å². The average Bonchev–Trinajstić information content (AvgIpc) is 3.27. The van der Waals surface area contributed by atoms with Crippen molar-refractivity contribution in [2.75, 3.05) is 6.54 Å². The van der Waals surface area contributed by atoms with Crippen molar-refractivity contribution < 1.29 is 4.79 Å². The molecule has 0 saturated heterocycles. The number of carbonyl (C=O) groups excluding carboxylic acids is 1. The van der Waals surface area contributed by atoms with E-state index in [1.807, 2.05) is 11.3 Å². The van der Waals surface area contributed by atoms with Crippen molar-refractivity contribution in [3.63, 3.8) is 0 Å². The number of hydrogen-bond acceptors (Lipinski definition) is 3. The van der Waals surface area contributed by atoms with Gasteiger partial charge in [0.1, 0.15) is 0 Å². The van der Waals surface area contributed by atoms with Gasteiger partial charge in [0.25, 0.3) is 0 Å². The highest BCUT2D eigenvalue weighted by molar-refractivity contribution is 7.10. The van der Waals surface area contributed by atoms with E-state index in [0.29, 0.717) is 18.2 Å². The predicted octanol–water partition coefficient (Wildman–Crippen LogP) is 4.64. The van der Waals surface area contributed by atoms with Gasteiger partial charge in [-0.1, -0.05) is 18.2 Å². The maximum atomic E-state index is 12.9. The Bertz CT molecular complexity index is 686. The van der Waals surface area contributed by atoms with Gasteiger partial charge in [0.2, 0.25) is 5.91 Å². The second kappa shape index (κ2) is 6.01. The van der Waals surface area contributed by atoms with E-state index in [1.165, 1.54) is 15.3 Å². The largest absolute Gasteiger partial charge is 0.330 e. The number of carbonyl (C=O) groups is 1. The molecular formula is C18H19NOS2. The van der Waals surface area contributed by atoms with Crippen molar-refractivity contribution in [1.82, 2.24) is 4.90 Å². The number of hydrogen-bond donors (Lipinski definition) is 0. The Morgan fingerprint density at radius 2 is 2.23 bits per heavy atom. The number of nitrogens with zero attached hydrogens (tertiary/aromatic N) is 1. The van der Waals surface area contributed by atoms with Gasteiger partial charge in [-0.25, -0.2) is 0 Å². The molecule has 1 aliphatic carbocycles. The van der Waals surface area contributed by atoms with Crippen LogP contribution in [0.1, 0.15) is 40.6 Å². The minimum absolute atomic E-state index is 0.132. The lowest BCUT2D eigenvalue weighted by Gasteiger charge is -2.36. The van der Waals surface area contributed by atoms with Gasteiger partial charge in [0.15, 0.2) is 0 Å². The Balaban J connectivity index is 1.63. The summed E-state index contributed by atoms with van der Waals surface area (Å²) in [7, 11) is 0. The van der Waals surface area contributed by atoms with Crippen molar-refractivity contribution >= 4 is 28.6 Å². The number of fused-ring (bicyclic) bond motifs is 1. The monoisotopic (exact) mass is 329 g/mol. The molecule has 1 aliphatic heterocycles. The van der Waals surface area contributed by atoms with E-state index in [9.17, 15) is 4.79 Å². The summed E-state index contributed by atoms with van der Waals surface area (Å²) in [6, 6.07) is 6.59. The van der Waals surface area contributed by atoms with Crippen LogP contribution in [0, 0.1) is 5.92 Å². The second-order valence-corrected chi connectivity index (χ2v) is 8.00. The van der Waals surface area contributed by atoms with Crippen LogP contribution in [0.15, 0.2) is 41.1 Å². The molecule has 2 nitrogen and oxygen atoms in total. The van der Waals surface area contributed by atoms with Crippen LogP contribution in [0.4, 0.5) is 0 Å². The van der Waals surface area contributed by atoms with Gasteiger partial charge >= 0.3 is 0 Å². The number of allylic oxidation sites excluding steroid dienone is 2. The zero-order valence-corrected chi connectivity index (χ0v) is 14.0. The Morgan fingerprint density at radius 3 is 3.00 bits per heavy atom. The molecule has 0 radical (unpaired) electrons. The molecule has 114 valence electrons. The van der Waals surface area contributed by atoms with Crippen LogP contribution < -0.4 is 0 Å². The first-order chi connectivity index (χ1) is 10.8. The van der Waals surface area contributed by atoms with Crippen molar-refractivity contribution in [1.29, 1.82) is 0 Å². The molecule has 0 spiro atoms. The van der Waals surface area contributed by atoms with Gasteiger partial charge in [0, 0.05) is 22.7 Å². The van der Waals surface area contributed by atoms with Crippen LogP contribution in [0.2, 0.25) is 0 Å². The quantitative estimate of drug-likeness (QED) is 0.751. The summed E-state index contributed by atoms with van der Waals surface area (Å²) >= 11 is 3.59. The van der Waals surface area contributed by atoms with Crippen LogP contribution in [-0.2, 0) is 11.2 Å². The Hall–Kier alpha value is -1.39. The summed E-state index contributed by atoms with van der Waals surface area (Å²) in [5.74, 6) is 0.757. The topological polar surface area (TPSA) is 20.3 Å². The molecule has 2 aromatic heterocycles. The average molecular weight is 329 g/mol. The maximum Gasteiger partial charge on any atom is 0.223 e. The van der Waals surface area contributed by atoms with E-state index in [1.54, 1.807) is 11.3 Å². The van der Waals surface area contributed by atoms with Gasteiger partial charge in [-0.2, -0.15) is 0 Å². The molecule has 0 aromatic carbocycles. The Kier molecular flexibility index (Phi) is 3.89. The molecule has 1 amide bonds. The molecule has 2 atom stereocenters. The van der Waals surface area contributed by atoms with Crippen LogP contribution in [0.5, 0.6) is 0 Å². The van der Waals surface area contributed by atoms with Gasteiger partial charge in [-0.3, -0.25) is 4.79 Å². The maximum absolute atomic E-state index is 12.9. The minimum Gasteiger partial charge on any atom is -0.330 e. The van der Waals surface area contributed by atoms with E-state index >= 15 is 0 Å². The van der Waals surface area contributed by atoms with Gasteiger partial charge in [0.05, 0.1) is 6.04 Å². The van der Waals surface area contributed by atoms with Crippen molar-refractivity contribution in [2.45, 2.75) is 31.7 Å². The zero-order chi connectivity index (χ0) is 14.9. The third kappa shape index (κ3) is 2.55. The van der Waals surface area contributed by atoms with Crippen molar-refractivity contribution in [3.05, 3.63) is 56.4 Å². The summed E-state index contributed by atoms with van der Waals surface area (Å²) in [5.41, 5.74) is 1.34. The first kappa shape index (κ1) is 14.2. The van der Waals surface area contributed by atoms with E-state index in [-0.39, 0.29) is 6.04 Å². The highest BCUT2D eigenvalue weighted by Crippen LogP contribution is 2.40. The highest BCUT2D eigenvalue weighted by atomic mass is 32.1. The predicted molar refractivity (Wildman–Crippen MR) is 92.4 cm³/mol. The van der Waals surface area contributed by atoms with Crippen LogP contribution >= 0.6 is 22.7 Å². The second-order valence-electron chi connectivity index (χ2n) is 6.02. The summed E-state index contributed by atoms with van der Waals surface area (Å²) < 4.78 is 0. The lowest BCUT2D eigenvalue weighted by atomic mass is 9.96. The third-order valence-electron chi connectivity index (χ3n) is 4.65. The van der Waals surface area contributed by atoms with E-state index in [0.717, 1.165) is 25.8 Å². The smallest absolute Gasteiger partial charge is 0.223 e. The summed E-state index contributed by atoms with van der Waals surface area (Å²) in [5, 5.41) is 4.28. The summed E-state index contributed by atoms with van der Waals surface area (Å²) in [4.78, 5) is 17.7. The third-order valence-corrected chi connectivity index (χ3v) is 6.57. The molecular weight excluding hydrogens is 310 g/mol. The molecule has 22 heavy (non-hydrogen) atoms. The molecule has 3 heterocycles. The Labute approximate surface area is 139 Å². The fraction of sp³-hybridized carbons (Fsp3) is 0.389. The lowest BCUT2D eigenvalue weighted by molar-refractivity contribution is -0.133. The molecule has 0 N–H and O–H groups in total. The van der Waals surface area contributed by atoms with E-state index in [4.69, 9.17) is 0 Å². The summed E-state index contributed by atoms with van der Waals surface area (Å²) in [6.45, 7) is 0.853. The number of rotatable bonds is 3. The minimum atomic E-state index is 0.132. The SMILES string of the molecule is O=C(C[C@@H]1C=CCC1)N1CCc2sccc2[C@H]1c1cccs1. The number of thiophene rings is 2. The first-order valence-corrected chi connectivity index (χ1v) is 9.64. The molecule has 4 rings (SSSR count). The van der Waals surface area contributed by atoms with Crippen LogP contribution in [0.25, 0.3) is 0 Å². The zero-order valence-electron chi connectivity index (χ0n) is 12.4. The van der Waals surface area contributed by atoms with Crippen molar-refractivity contribution in [3.8, 4) is 0 Å². The molecule has 0 bridgehead atoms. The standard InChI is InChI=1S/C18H19NOS2/c20-17(12-13-4-1-2-5-13)19-9-7-15-14(8-11-22-15)18(19)16-6-3-10-21-16/h1,3-4,6,8,10-11,13,18H,2,5,7,9,12H2/t13-,18+/m1/s1. The number of amides is 1. The molecule has 0 unspecified atom stereocenters. The van der Waals surface area contributed by atoms with Crippen LogP contribution in [0.3, 0.4) is 0 Å². The first-order valence-electron chi connectivity index (χ1n) is 7.89. The summed E-state index contributed by atoms with van der Waals surface area (Å²) in [6.07, 6.45) is 8.35.